The summed E-state index contributed by atoms with van der Waals surface area (Å²) in [6, 6.07) is 4.87. The van der Waals surface area contributed by atoms with Gasteiger partial charge in [-0.3, -0.25) is 0 Å². The molecule has 1 fully saturated rings. The van der Waals surface area contributed by atoms with E-state index in [9.17, 15) is 0 Å². The monoisotopic (exact) mass is 282 g/mol. The molecule has 108 valence electrons. The second-order valence-electron chi connectivity index (χ2n) is 5.78. The minimum atomic E-state index is 0.249. The quantitative estimate of drug-likeness (QED) is 0.899. The molecule has 2 rings (SSSR count). The van der Waals surface area contributed by atoms with Crippen LogP contribution >= 0.6 is 11.3 Å². The summed E-state index contributed by atoms with van der Waals surface area (Å²) in [5.74, 6) is 0. The van der Waals surface area contributed by atoms with Crippen molar-refractivity contribution < 1.29 is 4.74 Å². The number of nitrogens with zero attached hydrogens (tertiary/aromatic N) is 1. The molecule has 4 heteroatoms. The average molecular weight is 282 g/mol. The predicted octanol–water partition coefficient (Wildman–Crippen LogP) is 2.82. The summed E-state index contributed by atoms with van der Waals surface area (Å²) >= 11 is 1.89. The molecule has 1 saturated heterocycles. The van der Waals surface area contributed by atoms with E-state index in [4.69, 9.17) is 4.74 Å². The summed E-state index contributed by atoms with van der Waals surface area (Å²) in [4.78, 5) is 5.19. The Morgan fingerprint density at radius 2 is 2.05 bits per heavy atom. The van der Waals surface area contributed by atoms with Gasteiger partial charge in [0.05, 0.1) is 0 Å². The lowest BCUT2D eigenvalue weighted by atomic mass is 9.88. The molecule has 2 heterocycles. The third-order valence-electron chi connectivity index (χ3n) is 4.30. The first-order valence-electron chi connectivity index (χ1n) is 7.08. The molecule has 0 spiro atoms. The Morgan fingerprint density at radius 1 is 1.37 bits per heavy atom. The number of ether oxygens (including phenoxy) is 1. The van der Waals surface area contributed by atoms with E-state index in [0.29, 0.717) is 6.04 Å². The first-order chi connectivity index (χ1) is 9.03. The summed E-state index contributed by atoms with van der Waals surface area (Å²) in [5.41, 5.74) is 0.249. The number of rotatable bonds is 5. The van der Waals surface area contributed by atoms with Crippen molar-refractivity contribution >= 4 is 11.3 Å². The second-order valence-corrected chi connectivity index (χ2v) is 7.10. The summed E-state index contributed by atoms with van der Waals surface area (Å²) in [6.07, 6.45) is 2.23. The lowest BCUT2D eigenvalue weighted by Crippen LogP contribution is -2.55. The van der Waals surface area contributed by atoms with Crippen molar-refractivity contribution in [1.82, 2.24) is 10.2 Å². The zero-order valence-corrected chi connectivity index (χ0v) is 13.3. The van der Waals surface area contributed by atoms with Crippen LogP contribution in [0.25, 0.3) is 0 Å². The van der Waals surface area contributed by atoms with E-state index in [0.717, 1.165) is 32.6 Å². The molecule has 19 heavy (non-hydrogen) atoms. The zero-order chi connectivity index (χ0) is 13.9. The van der Waals surface area contributed by atoms with Gasteiger partial charge in [0.25, 0.3) is 0 Å². The van der Waals surface area contributed by atoms with Crippen LogP contribution in [0.1, 0.15) is 35.6 Å². The van der Waals surface area contributed by atoms with E-state index < -0.39 is 0 Å². The van der Waals surface area contributed by atoms with Gasteiger partial charge in [0.15, 0.2) is 0 Å². The Balaban J connectivity index is 1.95. The SMILES string of the molecule is Cc1ccc([C@@H](C)NCC2(N(C)C)CCOCC2)s1. The van der Waals surface area contributed by atoms with Gasteiger partial charge in [0.1, 0.15) is 0 Å². The zero-order valence-electron chi connectivity index (χ0n) is 12.5. The van der Waals surface area contributed by atoms with Gasteiger partial charge >= 0.3 is 0 Å². The fourth-order valence-electron chi connectivity index (χ4n) is 2.66. The van der Waals surface area contributed by atoms with E-state index in [1.54, 1.807) is 0 Å². The Labute approximate surface area is 121 Å². The van der Waals surface area contributed by atoms with Crippen LogP contribution < -0.4 is 5.32 Å². The lowest BCUT2D eigenvalue weighted by molar-refractivity contribution is -0.00802. The summed E-state index contributed by atoms with van der Waals surface area (Å²) < 4.78 is 5.52. The fraction of sp³-hybridized carbons (Fsp3) is 0.733. The third-order valence-corrected chi connectivity index (χ3v) is 5.48. The van der Waals surface area contributed by atoms with Crippen molar-refractivity contribution in [3.63, 3.8) is 0 Å². The molecule has 1 aromatic rings. The number of thiophene rings is 1. The van der Waals surface area contributed by atoms with Crippen LogP contribution in [0.3, 0.4) is 0 Å². The van der Waals surface area contributed by atoms with Crippen LogP contribution in [0, 0.1) is 6.92 Å². The maximum absolute atomic E-state index is 5.52. The minimum Gasteiger partial charge on any atom is -0.381 e. The highest BCUT2D eigenvalue weighted by molar-refractivity contribution is 7.12. The van der Waals surface area contributed by atoms with E-state index >= 15 is 0 Å². The van der Waals surface area contributed by atoms with E-state index in [2.05, 4.69) is 50.3 Å². The molecule has 3 nitrogen and oxygen atoms in total. The highest BCUT2D eigenvalue weighted by Gasteiger charge is 2.34. The van der Waals surface area contributed by atoms with Crippen molar-refractivity contribution in [3.05, 3.63) is 21.9 Å². The largest absolute Gasteiger partial charge is 0.381 e. The molecule has 0 amide bonds. The topological polar surface area (TPSA) is 24.5 Å². The first kappa shape index (κ1) is 15.0. The Kier molecular flexibility index (Phi) is 5.01. The predicted molar refractivity (Wildman–Crippen MR) is 81.9 cm³/mol. The Hall–Kier alpha value is -0.420. The van der Waals surface area contributed by atoms with Gasteiger partial charge in [-0.2, -0.15) is 0 Å². The highest BCUT2D eigenvalue weighted by Crippen LogP contribution is 2.27. The molecule has 1 aliphatic rings. The van der Waals surface area contributed by atoms with Gasteiger partial charge in [0, 0.05) is 41.1 Å². The Bertz CT molecular complexity index is 397. The third kappa shape index (κ3) is 3.57. The van der Waals surface area contributed by atoms with Crippen LogP contribution in [0.5, 0.6) is 0 Å². The normalized spacial score (nSPS) is 20.7. The number of hydrogen-bond donors (Lipinski definition) is 1. The van der Waals surface area contributed by atoms with Crippen LogP contribution in [-0.4, -0.2) is 44.3 Å². The highest BCUT2D eigenvalue weighted by atomic mass is 32.1. The first-order valence-corrected chi connectivity index (χ1v) is 7.90. The molecule has 0 aliphatic carbocycles. The minimum absolute atomic E-state index is 0.249. The van der Waals surface area contributed by atoms with E-state index in [1.807, 2.05) is 11.3 Å². The summed E-state index contributed by atoms with van der Waals surface area (Å²) in [6.45, 7) is 7.22. The molecule has 0 unspecified atom stereocenters. The van der Waals surface area contributed by atoms with Gasteiger partial charge in [-0.15, -0.1) is 11.3 Å². The van der Waals surface area contributed by atoms with E-state index in [1.165, 1.54) is 9.75 Å². The second kappa shape index (κ2) is 6.35. The number of hydrogen-bond acceptors (Lipinski definition) is 4. The molecule has 1 aliphatic heterocycles. The van der Waals surface area contributed by atoms with Crippen LogP contribution in [0.4, 0.5) is 0 Å². The number of likely N-dealkylation sites (N-methyl/N-ethyl adjacent to an activating group) is 1. The van der Waals surface area contributed by atoms with Gasteiger partial charge < -0.3 is 15.0 Å². The van der Waals surface area contributed by atoms with Gasteiger partial charge in [-0.05, 0) is 52.9 Å². The summed E-state index contributed by atoms with van der Waals surface area (Å²) in [7, 11) is 4.37. The number of aryl methyl sites for hydroxylation is 1. The molecular formula is C15H26N2OS. The molecule has 0 aromatic carbocycles. The average Bonchev–Trinajstić information content (AvgIpc) is 2.83. The van der Waals surface area contributed by atoms with Crippen LogP contribution in [0.15, 0.2) is 12.1 Å². The molecule has 0 saturated carbocycles. The van der Waals surface area contributed by atoms with E-state index in [-0.39, 0.29) is 5.54 Å². The van der Waals surface area contributed by atoms with Crippen molar-refractivity contribution in [2.75, 3.05) is 33.9 Å². The van der Waals surface area contributed by atoms with Crippen molar-refractivity contribution in [1.29, 1.82) is 0 Å². The lowest BCUT2D eigenvalue weighted by Gasteiger charge is -2.43. The fourth-order valence-corrected chi connectivity index (χ4v) is 3.57. The van der Waals surface area contributed by atoms with Crippen molar-refractivity contribution in [2.45, 2.75) is 38.3 Å². The maximum atomic E-state index is 5.52. The Morgan fingerprint density at radius 3 is 2.58 bits per heavy atom. The molecule has 0 bridgehead atoms. The molecular weight excluding hydrogens is 256 g/mol. The number of nitrogens with one attached hydrogen (secondary N) is 1. The van der Waals surface area contributed by atoms with Crippen LogP contribution in [0.2, 0.25) is 0 Å². The molecule has 1 N–H and O–H groups in total. The molecule has 0 radical (unpaired) electrons. The van der Waals surface area contributed by atoms with Crippen molar-refractivity contribution in [2.24, 2.45) is 0 Å². The smallest absolute Gasteiger partial charge is 0.0484 e. The van der Waals surface area contributed by atoms with Gasteiger partial charge in [-0.1, -0.05) is 0 Å². The summed E-state index contributed by atoms with van der Waals surface area (Å²) in [5, 5.41) is 3.72. The molecule has 1 aromatic heterocycles. The maximum Gasteiger partial charge on any atom is 0.0484 e. The van der Waals surface area contributed by atoms with Crippen LogP contribution in [-0.2, 0) is 4.74 Å². The van der Waals surface area contributed by atoms with Crippen molar-refractivity contribution in [3.8, 4) is 0 Å². The van der Waals surface area contributed by atoms with Gasteiger partial charge in [0.2, 0.25) is 0 Å². The van der Waals surface area contributed by atoms with Gasteiger partial charge in [-0.25, -0.2) is 0 Å². The standard InChI is InChI=1S/C15H26N2OS/c1-12-5-6-14(19-12)13(2)16-11-15(17(3)4)7-9-18-10-8-15/h5-6,13,16H,7-11H2,1-4H3/t13-/m1/s1. The molecule has 1 atom stereocenters.